The van der Waals surface area contributed by atoms with Crippen molar-refractivity contribution in [3.63, 3.8) is 0 Å². The molecule has 0 fully saturated rings. The second-order valence-corrected chi connectivity index (χ2v) is 3.21. The van der Waals surface area contributed by atoms with Crippen molar-refractivity contribution in [3.05, 3.63) is 11.6 Å². The summed E-state index contributed by atoms with van der Waals surface area (Å²) in [5.74, 6) is -0.911. The smallest absolute Gasteiger partial charge is 0.330 e. The van der Waals surface area contributed by atoms with Crippen molar-refractivity contribution in [1.82, 2.24) is 4.90 Å². The zero-order valence-corrected chi connectivity index (χ0v) is 9.27. The lowest BCUT2D eigenvalue weighted by molar-refractivity contribution is -0.132. The summed E-state index contributed by atoms with van der Waals surface area (Å²) in [5, 5.41) is 17.4. The molecule has 2 N–H and O–H groups in total. The zero-order chi connectivity index (χ0) is 11.7. The molecule has 0 saturated heterocycles. The molecule has 0 bridgehead atoms. The number of aliphatic hydroxyl groups excluding tert-OH is 1. The fourth-order valence-corrected chi connectivity index (χ4v) is 1.01. The molecular formula is C10H19NO4. The molecule has 0 spiro atoms. The van der Waals surface area contributed by atoms with Crippen LogP contribution in [-0.4, -0.2) is 61.0 Å². The minimum atomic E-state index is -0.911. The third-order valence-electron chi connectivity index (χ3n) is 2.02. The van der Waals surface area contributed by atoms with Crippen LogP contribution in [0.4, 0.5) is 0 Å². The van der Waals surface area contributed by atoms with Gasteiger partial charge in [-0.2, -0.15) is 0 Å². The third-order valence-corrected chi connectivity index (χ3v) is 2.02. The van der Waals surface area contributed by atoms with E-state index in [1.807, 2.05) is 4.90 Å². The Kier molecular flexibility index (Phi) is 7.89. The number of methoxy groups -OCH3 is 1. The first kappa shape index (κ1) is 14.1. The molecule has 0 atom stereocenters. The number of hydrogen-bond acceptors (Lipinski definition) is 4. The highest BCUT2D eigenvalue weighted by atomic mass is 16.5. The Morgan fingerprint density at radius 2 is 2.13 bits per heavy atom. The number of rotatable bonds is 8. The van der Waals surface area contributed by atoms with Crippen LogP contribution >= 0.6 is 0 Å². The van der Waals surface area contributed by atoms with Crippen molar-refractivity contribution in [2.24, 2.45) is 0 Å². The van der Waals surface area contributed by atoms with Crippen LogP contribution < -0.4 is 0 Å². The molecule has 0 rings (SSSR count). The summed E-state index contributed by atoms with van der Waals surface area (Å²) < 4.78 is 4.91. The van der Waals surface area contributed by atoms with Crippen LogP contribution in [0.3, 0.4) is 0 Å². The van der Waals surface area contributed by atoms with Gasteiger partial charge < -0.3 is 14.9 Å². The van der Waals surface area contributed by atoms with Gasteiger partial charge in [-0.05, 0) is 6.92 Å². The Morgan fingerprint density at radius 1 is 1.47 bits per heavy atom. The molecule has 0 aliphatic heterocycles. The highest BCUT2D eigenvalue weighted by Gasteiger charge is 2.04. The van der Waals surface area contributed by atoms with E-state index in [0.29, 0.717) is 31.8 Å². The second kappa shape index (κ2) is 8.40. The number of aliphatic carboxylic acids is 1. The molecule has 5 heteroatoms. The van der Waals surface area contributed by atoms with Crippen LogP contribution in [-0.2, 0) is 9.53 Å². The maximum Gasteiger partial charge on any atom is 0.330 e. The van der Waals surface area contributed by atoms with Crippen LogP contribution in [0, 0.1) is 0 Å². The maximum atomic E-state index is 10.5. The summed E-state index contributed by atoms with van der Waals surface area (Å²) in [5.41, 5.74) is 0.315. The lowest BCUT2D eigenvalue weighted by Crippen LogP contribution is -2.30. The molecule has 0 amide bonds. The van der Waals surface area contributed by atoms with Crippen molar-refractivity contribution in [2.75, 3.05) is 40.0 Å². The average Bonchev–Trinajstić information content (AvgIpc) is 2.21. The van der Waals surface area contributed by atoms with Crippen molar-refractivity contribution in [3.8, 4) is 0 Å². The first-order chi connectivity index (χ1) is 7.11. The molecule has 0 aromatic carbocycles. The van der Waals surface area contributed by atoms with E-state index in [2.05, 4.69) is 0 Å². The normalized spacial score (nSPS) is 12.1. The Balaban J connectivity index is 4.04. The minimum Gasteiger partial charge on any atom is -0.478 e. The number of ether oxygens (including phenoxy) is 1. The zero-order valence-electron chi connectivity index (χ0n) is 9.27. The van der Waals surface area contributed by atoms with Crippen molar-refractivity contribution >= 4 is 5.97 Å². The number of nitrogens with zero attached hydrogens (tertiary/aromatic N) is 1. The Labute approximate surface area is 90.0 Å². The Morgan fingerprint density at radius 3 is 2.60 bits per heavy atom. The highest BCUT2D eigenvalue weighted by Crippen LogP contribution is 1.95. The molecule has 15 heavy (non-hydrogen) atoms. The van der Waals surface area contributed by atoms with Crippen molar-refractivity contribution in [1.29, 1.82) is 0 Å². The van der Waals surface area contributed by atoms with Crippen molar-refractivity contribution < 1.29 is 19.7 Å². The van der Waals surface area contributed by atoms with E-state index in [-0.39, 0.29) is 6.61 Å². The first-order valence-electron chi connectivity index (χ1n) is 4.84. The molecule has 0 aliphatic rings. The largest absolute Gasteiger partial charge is 0.478 e. The molecule has 0 saturated carbocycles. The molecule has 0 heterocycles. The van der Waals surface area contributed by atoms with E-state index in [1.54, 1.807) is 20.1 Å². The number of carbonyl (C=O) groups is 1. The number of hydrogen-bond donors (Lipinski definition) is 2. The highest BCUT2D eigenvalue weighted by molar-refractivity contribution is 5.85. The van der Waals surface area contributed by atoms with Crippen LogP contribution in [0.1, 0.15) is 6.92 Å². The Bertz CT molecular complexity index is 215. The molecule has 0 radical (unpaired) electrons. The lowest BCUT2D eigenvalue weighted by Gasteiger charge is -2.18. The average molecular weight is 217 g/mol. The van der Waals surface area contributed by atoms with Crippen molar-refractivity contribution in [2.45, 2.75) is 6.92 Å². The number of aliphatic hydroxyl groups is 1. The van der Waals surface area contributed by atoms with Gasteiger partial charge in [0.1, 0.15) is 0 Å². The van der Waals surface area contributed by atoms with Gasteiger partial charge in [0.05, 0.1) is 13.2 Å². The quantitative estimate of drug-likeness (QED) is 0.558. The SMILES string of the molecule is COCCN(C/C=C(/C)C(=O)O)CCO. The first-order valence-corrected chi connectivity index (χ1v) is 4.84. The lowest BCUT2D eigenvalue weighted by atomic mass is 10.3. The predicted octanol–water partition coefficient (Wildman–Crippen LogP) is -0.0420. The van der Waals surface area contributed by atoms with E-state index >= 15 is 0 Å². The van der Waals surface area contributed by atoms with Gasteiger partial charge in [0.2, 0.25) is 0 Å². The van der Waals surface area contributed by atoms with Crippen LogP contribution in [0.25, 0.3) is 0 Å². The van der Waals surface area contributed by atoms with Crippen LogP contribution in [0.2, 0.25) is 0 Å². The topological polar surface area (TPSA) is 70.0 Å². The molecule has 0 aromatic heterocycles. The summed E-state index contributed by atoms with van der Waals surface area (Å²) in [6.07, 6.45) is 1.63. The molecule has 0 aromatic rings. The monoisotopic (exact) mass is 217 g/mol. The second-order valence-electron chi connectivity index (χ2n) is 3.21. The summed E-state index contributed by atoms with van der Waals surface area (Å²) in [6, 6.07) is 0. The summed E-state index contributed by atoms with van der Waals surface area (Å²) in [6.45, 7) is 3.90. The third kappa shape index (κ3) is 7.07. The number of carboxylic acids is 1. The van der Waals surface area contributed by atoms with Crippen LogP contribution in [0.5, 0.6) is 0 Å². The van der Waals surface area contributed by atoms with Crippen LogP contribution in [0.15, 0.2) is 11.6 Å². The fourth-order valence-electron chi connectivity index (χ4n) is 1.01. The van der Waals surface area contributed by atoms with E-state index in [9.17, 15) is 4.79 Å². The summed E-state index contributed by atoms with van der Waals surface area (Å²) in [4.78, 5) is 12.4. The van der Waals surface area contributed by atoms with Gasteiger partial charge in [-0.1, -0.05) is 6.08 Å². The van der Waals surface area contributed by atoms with E-state index in [4.69, 9.17) is 14.9 Å². The molecule has 88 valence electrons. The fraction of sp³-hybridized carbons (Fsp3) is 0.700. The van der Waals surface area contributed by atoms with Gasteiger partial charge in [0.15, 0.2) is 0 Å². The van der Waals surface area contributed by atoms with E-state index in [0.717, 1.165) is 0 Å². The van der Waals surface area contributed by atoms with Gasteiger partial charge in [-0.25, -0.2) is 4.79 Å². The number of carboxylic acid groups (broad SMARTS) is 1. The Hall–Kier alpha value is -0.910. The molecule has 5 nitrogen and oxygen atoms in total. The van der Waals surface area contributed by atoms with E-state index in [1.165, 1.54) is 0 Å². The van der Waals surface area contributed by atoms with Gasteiger partial charge >= 0.3 is 5.97 Å². The summed E-state index contributed by atoms with van der Waals surface area (Å²) >= 11 is 0. The molecular weight excluding hydrogens is 198 g/mol. The minimum absolute atomic E-state index is 0.0592. The summed E-state index contributed by atoms with van der Waals surface area (Å²) in [7, 11) is 1.61. The van der Waals surface area contributed by atoms with Gasteiger partial charge in [0, 0.05) is 32.3 Å². The van der Waals surface area contributed by atoms with Gasteiger partial charge in [-0.15, -0.1) is 0 Å². The molecule has 0 aliphatic carbocycles. The van der Waals surface area contributed by atoms with E-state index < -0.39 is 5.97 Å². The maximum absolute atomic E-state index is 10.5. The van der Waals surface area contributed by atoms with Gasteiger partial charge in [-0.3, -0.25) is 4.90 Å². The van der Waals surface area contributed by atoms with Gasteiger partial charge in [0.25, 0.3) is 0 Å². The standard InChI is InChI=1S/C10H19NO4/c1-9(10(13)14)3-4-11(5-7-12)6-8-15-2/h3,12H,4-8H2,1-2H3,(H,13,14)/b9-3-. The molecule has 0 unspecified atom stereocenters. The predicted molar refractivity (Wildman–Crippen MR) is 56.8 cm³/mol.